The van der Waals surface area contributed by atoms with Gasteiger partial charge < -0.3 is 9.47 Å². The lowest BCUT2D eigenvalue weighted by Gasteiger charge is -2.32. The second kappa shape index (κ2) is 17.5. The van der Waals surface area contributed by atoms with Crippen molar-refractivity contribution in [1.29, 1.82) is 10.5 Å². The Balaban J connectivity index is 1.14. The summed E-state index contributed by atoms with van der Waals surface area (Å²) >= 11 is 0. The van der Waals surface area contributed by atoms with E-state index in [4.69, 9.17) is 4.98 Å². The summed E-state index contributed by atoms with van der Waals surface area (Å²) in [5, 5.41) is 29.6. The molecule has 0 radical (unpaired) electrons. The molecular weight excluding hydrogens is 973 g/mol. The van der Waals surface area contributed by atoms with E-state index in [2.05, 4.69) is 239 Å². The quantitative estimate of drug-likeness (QED) is 0.159. The topological polar surface area (TPSA) is 71.9 Å². The zero-order chi connectivity index (χ0) is 53.1. The van der Waals surface area contributed by atoms with Crippen molar-refractivity contribution < 1.29 is 0 Å². The van der Waals surface area contributed by atoms with Gasteiger partial charge in [-0.1, -0.05) is 164 Å². The van der Waals surface area contributed by atoms with Gasteiger partial charge in [0.1, 0.15) is 18.0 Å². The van der Waals surface area contributed by atoms with E-state index < -0.39 is 5.41 Å². The molecule has 2 heterocycles. The van der Waals surface area contributed by atoms with Crippen LogP contribution in [0.5, 0.6) is 0 Å². The molecule has 2 aliphatic rings. The van der Waals surface area contributed by atoms with Crippen molar-refractivity contribution in [2.24, 2.45) is 0 Å². The first kappa shape index (κ1) is 45.2. The fourth-order valence-electron chi connectivity index (χ4n) is 13.5. The van der Waals surface area contributed by atoms with Crippen molar-refractivity contribution in [3.63, 3.8) is 0 Å². The van der Waals surface area contributed by atoms with Crippen LogP contribution >= 0.6 is 0 Å². The second-order valence-corrected chi connectivity index (χ2v) is 20.8. The number of fused-ring (bicyclic) bond motifs is 16. The van der Waals surface area contributed by atoms with Crippen LogP contribution in [0.2, 0.25) is 0 Å². The predicted octanol–water partition coefficient (Wildman–Crippen LogP) is 18.7. The van der Waals surface area contributed by atoms with Gasteiger partial charge in [-0.3, -0.25) is 4.90 Å². The molecule has 0 N–H and O–H groups in total. The highest BCUT2D eigenvalue weighted by molar-refractivity contribution is 6.23. The van der Waals surface area contributed by atoms with Crippen molar-refractivity contribution in [2.45, 2.75) is 5.41 Å². The number of benzene rings is 12. The van der Waals surface area contributed by atoms with E-state index in [1.165, 1.54) is 27.8 Å². The van der Waals surface area contributed by atoms with Gasteiger partial charge in [-0.05, 0) is 164 Å². The minimum absolute atomic E-state index is 0.513. The van der Waals surface area contributed by atoms with Crippen LogP contribution in [0, 0.1) is 22.7 Å². The maximum absolute atomic E-state index is 11.3. The molecule has 0 fully saturated rings. The number of para-hydroxylation sites is 4. The predicted molar refractivity (Wildman–Crippen MR) is 326 cm³/mol. The number of pyridine rings is 1. The number of aromatic nitrogens is 2. The smallest absolute Gasteiger partial charge is 0.138 e. The number of rotatable bonds is 7. The molecule has 0 aliphatic heterocycles. The highest BCUT2D eigenvalue weighted by Gasteiger charge is 2.53. The molecule has 0 amide bonds. The summed E-state index contributed by atoms with van der Waals surface area (Å²) < 4.78 is 2.42. The van der Waals surface area contributed by atoms with Crippen LogP contribution in [0.4, 0.5) is 34.3 Å². The lowest BCUT2D eigenvalue weighted by Crippen LogP contribution is -2.26. The largest absolute Gasteiger partial charge is 0.309 e. The van der Waals surface area contributed by atoms with Crippen molar-refractivity contribution in [2.75, 3.05) is 9.80 Å². The Morgan fingerprint density at radius 3 is 1.65 bits per heavy atom. The van der Waals surface area contributed by atoms with Gasteiger partial charge >= 0.3 is 0 Å². The molecule has 2 aliphatic carbocycles. The average molecular weight is 1020 g/mol. The molecule has 0 atom stereocenters. The number of hydrogen-bond acceptors (Lipinski definition) is 5. The zero-order valence-corrected chi connectivity index (χ0v) is 43.1. The highest BCUT2D eigenvalue weighted by Crippen LogP contribution is 2.67. The van der Waals surface area contributed by atoms with Gasteiger partial charge in [-0.25, -0.2) is 4.98 Å². The Hall–Kier alpha value is -11.1. The van der Waals surface area contributed by atoms with Gasteiger partial charge in [0, 0.05) is 38.8 Å². The van der Waals surface area contributed by atoms with Crippen molar-refractivity contribution >= 4 is 88.5 Å². The van der Waals surface area contributed by atoms with Gasteiger partial charge in [0.25, 0.3) is 0 Å². The summed E-state index contributed by atoms with van der Waals surface area (Å²) in [7, 11) is 0. The number of nitriles is 2. The van der Waals surface area contributed by atoms with E-state index in [9.17, 15) is 10.5 Å². The first-order valence-electron chi connectivity index (χ1n) is 27.0. The van der Waals surface area contributed by atoms with Crippen LogP contribution in [-0.2, 0) is 5.41 Å². The minimum atomic E-state index is -0.765. The lowest BCUT2D eigenvalue weighted by molar-refractivity contribution is 0.795. The molecule has 6 nitrogen and oxygen atoms in total. The molecule has 1 spiro atoms. The van der Waals surface area contributed by atoms with E-state index in [1.807, 2.05) is 54.6 Å². The molecular formula is C74H44N6. The first-order valence-corrected chi connectivity index (χ1v) is 27.0. The number of anilines is 6. The summed E-state index contributed by atoms with van der Waals surface area (Å²) in [6.07, 6.45) is 0. The Labute approximate surface area is 461 Å². The summed E-state index contributed by atoms with van der Waals surface area (Å²) in [6.45, 7) is 0. The normalized spacial score (nSPS) is 12.6. The second-order valence-electron chi connectivity index (χ2n) is 20.8. The molecule has 0 saturated heterocycles. The monoisotopic (exact) mass is 1020 g/mol. The third-order valence-electron chi connectivity index (χ3n) is 16.8. The van der Waals surface area contributed by atoms with Crippen LogP contribution < -0.4 is 9.80 Å². The summed E-state index contributed by atoms with van der Waals surface area (Å²) in [5.74, 6) is 0.675. The standard InChI is InChI=1S/C74H44N6/c75-45-52-23-9-16-32-66(52)78(55-36-34-47-18-4-5-20-49(47)40-55)56-37-38-68-60(43-56)72-69(79(68)54-25-2-1-3-26-54)44-64-71(73(72)80(67-33-17-10-24-53(67)46-76)70-39-35-48-19-8-15-31-65(48)77-70)59-41-50-21-6-7-22-51(50)42-63(59)74(64)61-29-13-11-27-57(61)58-28-12-14-30-62(58)74/h1-44H. The maximum Gasteiger partial charge on any atom is 0.138 e. The number of nitrogens with zero attached hydrogens (tertiary/aromatic N) is 6. The van der Waals surface area contributed by atoms with Gasteiger partial charge in [-0.2, -0.15) is 10.5 Å². The Kier molecular flexibility index (Phi) is 9.88. The van der Waals surface area contributed by atoms with Crippen molar-refractivity contribution in [3.8, 4) is 40.1 Å². The van der Waals surface area contributed by atoms with Gasteiger partial charge in [0.15, 0.2) is 0 Å². The molecule has 0 unspecified atom stereocenters. The summed E-state index contributed by atoms with van der Waals surface area (Å²) in [4.78, 5) is 10.1. The molecule has 0 bridgehead atoms. The molecule has 80 heavy (non-hydrogen) atoms. The lowest BCUT2D eigenvalue weighted by atomic mass is 9.70. The molecule has 370 valence electrons. The Bertz CT molecular complexity index is 4970. The van der Waals surface area contributed by atoms with Crippen LogP contribution in [0.25, 0.3) is 82.2 Å². The minimum Gasteiger partial charge on any atom is -0.309 e. The fourth-order valence-corrected chi connectivity index (χ4v) is 13.5. The molecule has 14 aromatic rings. The first-order chi connectivity index (χ1) is 39.6. The third-order valence-corrected chi connectivity index (χ3v) is 16.8. The van der Waals surface area contributed by atoms with E-state index >= 15 is 0 Å². The van der Waals surface area contributed by atoms with Gasteiger partial charge in [0.2, 0.25) is 0 Å². The fraction of sp³-hybridized carbons (Fsp3) is 0.0135. The van der Waals surface area contributed by atoms with Crippen molar-refractivity contribution in [3.05, 3.63) is 300 Å². The Morgan fingerprint density at radius 1 is 0.388 bits per heavy atom. The Morgan fingerprint density at radius 2 is 0.938 bits per heavy atom. The van der Waals surface area contributed by atoms with Crippen LogP contribution in [0.15, 0.2) is 267 Å². The van der Waals surface area contributed by atoms with E-state index in [0.717, 1.165) is 99.4 Å². The molecule has 16 rings (SSSR count). The van der Waals surface area contributed by atoms with E-state index in [0.29, 0.717) is 22.6 Å². The van der Waals surface area contributed by atoms with Gasteiger partial charge in [0.05, 0.1) is 50.2 Å². The van der Waals surface area contributed by atoms with Gasteiger partial charge in [-0.15, -0.1) is 0 Å². The van der Waals surface area contributed by atoms with E-state index in [1.54, 1.807) is 0 Å². The van der Waals surface area contributed by atoms with Crippen LogP contribution in [-0.4, -0.2) is 9.55 Å². The molecule has 2 aromatic heterocycles. The molecule has 6 heteroatoms. The van der Waals surface area contributed by atoms with Crippen LogP contribution in [0.3, 0.4) is 0 Å². The molecule has 0 saturated carbocycles. The SMILES string of the molecule is N#Cc1ccccc1N(c1ccc2ccccc2c1)c1ccc2c(c1)c1c(N(c3ccc4ccccc4n3)c3ccccc3C#N)c3c(cc1n2-c1ccccc1)C1(c2ccccc2-c2ccccc21)c1cc2ccccc2cc1-3. The summed E-state index contributed by atoms with van der Waals surface area (Å²) in [6, 6.07) is 99.7. The maximum atomic E-state index is 11.3. The highest BCUT2D eigenvalue weighted by atomic mass is 15.2. The van der Waals surface area contributed by atoms with Crippen LogP contribution in [0.1, 0.15) is 33.4 Å². The van der Waals surface area contributed by atoms with E-state index in [-0.39, 0.29) is 0 Å². The third kappa shape index (κ3) is 6.42. The average Bonchev–Trinajstić information content (AvgIpc) is 3.26. The number of hydrogen-bond donors (Lipinski definition) is 0. The zero-order valence-electron chi connectivity index (χ0n) is 43.1. The molecule has 12 aromatic carbocycles. The van der Waals surface area contributed by atoms with Crippen molar-refractivity contribution in [1.82, 2.24) is 9.55 Å². The summed E-state index contributed by atoms with van der Waals surface area (Å²) in [5.41, 5.74) is 17.7.